The van der Waals surface area contributed by atoms with Gasteiger partial charge in [0.25, 0.3) is 0 Å². The molecular weight excluding hydrogens is 430 g/mol. The first kappa shape index (κ1) is 21.5. The number of nitrogens with zero attached hydrogens (tertiary/aromatic N) is 2. The lowest BCUT2D eigenvalue weighted by atomic mass is 10.1. The molecule has 34 heavy (non-hydrogen) atoms. The van der Waals surface area contributed by atoms with Crippen LogP contribution in [0.1, 0.15) is 11.1 Å². The average molecular weight is 453 g/mol. The Balaban J connectivity index is 0.000000142. The number of hydrogen-bond acceptors (Lipinski definition) is 2. The first-order valence-corrected chi connectivity index (χ1v) is 10.9. The Hall–Kier alpha value is -4.32. The molecule has 0 spiro atoms. The van der Waals surface area contributed by atoms with E-state index in [1.54, 1.807) is 36.9 Å². The van der Waals surface area contributed by atoms with Gasteiger partial charge in [-0.05, 0) is 79.6 Å². The molecule has 0 aliphatic heterocycles. The predicted octanol–water partition coefficient (Wildman–Crippen LogP) is 7.35. The normalized spacial score (nSPS) is 10.9. The van der Waals surface area contributed by atoms with Crippen molar-refractivity contribution in [3.63, 3.8) is 0 Å². The summed E-state index contributed by atoms with van der Waals surface area (Å²) in [5, 5.41) is 1.71. The van der Waals surface area contributed by atoms with Gasteiger partial charge in [-0.25, -0.2) is 8.78 Å². The molecule has 2 N–H and O–H groups in total. The Bertz CT molecular complexity index is 1580. The maximum Gasteiger partial charge on any atom is 0.132 e. The maximum absolute atomic E-state index is 13.7. The van der Waals surface area contributed by atoms with Gasteiger partial charge in [-0.1, -0.05) is 6.07 Å². The molecule has 6 heteroatoms. The van der Waals surface area contributed by atoms with Crippen LogP contribution in [0.15, 0.2) is 85.5 Å². The summed E-state index contributed by atoms with van der Waals surface area (Å²) < 4.78 is 26.9. The molecular formula is C28H22F2N4. The standard InChI is InChI=1S/2C14H11FN2/c1-9-13-11(15)5-2-6-12(13)17-14(9)10-4-3-7-16-8-10;1-9-12-5-4-11(15)7-13(12)17-14(9)10-3-2-6-16-8-10/h2*2-8,17H,1H3. The molecule has 0 saturated heterocycles. The summed E-state index contributed by atoms with van der Waals surface area (Å²) in [6.45, 7) is 3.95. The number of aryl methyl sites for hydroxylation is 2. The van der Waals surface area contributed by atoms with E-state index in [4.69, 9.17) is 0 Å². The fourth-order valence-corrected chi connectivity index (χ4v) is 4.27. The summed E-state index contributed by atoms with van der Waals surface area (Å²) in [4.78, 5) is 14.7. The monoisotopic (exact) mass is 452 g/mol. The van der Waals surface area contributed by atoms with Crippen LogP contribution in [0, 0.1) is 25.5 Å². The van der Waals surface area contributed by atoms with E-state index in [0.717, 1.165) is 50.1 Å². The lowest BCUT2D eigenvalue weighted by Gasteiger charge is -1.98. The molecule has 6 rings (SSSR count). The van der Waals surface area contributed by atoms with Gasteiger partial charge < -0.3 is 9.97 Å². The fourth-order valence-electron chi connectivity index (χ4n) is 4.27. The van der Waals surface area contributed by atoms with Crippen molar-refractivity contribution in [2.45, 2.75) is 13.8 Å². The smallest absolute Gasteiger partial charge is 0.132 e. The Labute approximate surface area is 195 Å². The minimum absolute atomic E-state index is 0.189. The molecule has 4 aromatic heterocycles. The summed E-state index contributed by atoms with van der Waals surface area (Å²) in [6, 6.07) is 17.6. The topological polar surface area (TPSA) is 57.4 Å². The first-order valence-electron chi connectivity index (χ1n) is 10.9. The van der Waals surface area contributed by atoms with Crippen LogP contribution in [0.5, 0.6) is 0 Å². The molecule has 0 atom stereocenters. The minimum Gasteiger partial charge on any atom is -0.354 e. The third-order valence-electron chi connectivity index (χ3n) is 5.94. The highest BCUT2D eigenvalue weighted by molar-refractivity contribution is 5.91. The zero-order chi connectivity index (χ0) is 23.7. The molecule has 0 amide bonds. The second-order valence-corrected chi connectivity index (χ2v) is 8.09. The summed E-state index contributed by atoms with van der Waals surface area (Å²) in [5.41, 5.74) is 7.60. The highest BCUT2D eigenvalue weighted by Gasteiger charge is 2.12. The Morgan fingerprint density at radius 3 is 1.94 bits per heavy atom. The molecule has 6 aromatic rings. The second-order valence-electron chi connectivity index (χ2n) is 8.09. The molecule has 4 nitrogen and oxygen atoms in total. The third kappa shape index (κ3) is 3.94. The third-order valence-corrected chi connectivity index (χ3v) is 5.94. The summed E-state index contributed by atoms with van der Waals surface area (Å²) in [7, 11) is 0. The number of aromatic nitrogens is 4. The number of halogens is 2. The van der Waals surface area contributed by atoms with E-state index in [2.05, 4.69) is 19.9 Å². The lowest BCUT2D eigenvalue weighted by Crippen LogP contribution is -1.81. The zero-order valence-corrected chi connectivity index (χ0v) is 18.7. The van der Waals surface area contributed by atoms with E-state index >= 15 is 0 Å². The largest absolute Gasteiger partial charge is 0.354 e. The van der Waals surface area contributed by atoms with Crippen LogP contribution in [-0.4, -0.2) is 19.9 Å². The average Bonchev–Trinajstić information content (AvgIpc) is 3.38. The number of aromatic amines is 2. The molecule has 0 aliphatic carbocycles. The van der Waals surface area contributed by atoms with Crippen LogP contribution in [0.4, 0.5) is 8.78 Å². The number of H-pyrrole nitrogens is 2. The molecule has 2 aromatic carbocycles. The van der Waals surface area contributed by atoms with Gasteiger partial charge in [0.1, 0.15) is 11.6 Å². The van der Waals surface area contributed by atoms with Crippen molar-refractivity contribution in [2.24, 2.45) is 0 Å². The van der Waals surface area contributed by atoms with Crippen molar-refractivity contribution < 1.29 is 8.78 Å². The number of fused-ring (bicyclic) bond motifs is 2. The van der Waals surface area contributed by atoms with E-state index in [-0.39, 0.29) is 11.6 Å². The van der Waals surface area contributed by atoms with Crippen molar-refractivity contribution in [1.82, 2.24) is 19.9 Å². The molecule has 0 saturated carbocycles. The summed E-state index contributed by atoms with van der Waals surface area (Å²) >= 11 is 0. The van der Waals surface area contributed by atoms with Gasteiger partial charge in [-0.2, -0.15) is 0 Å². The molecule has 0 fully saturated rings. The van der Waals surface area contributed by atoms with Gasteiger partial charge in [-0.15, -0.1) is 0 Å². The van der Waals surface area contributed by atoms with Gasteiger partial charge in [0.15, 0.2) is 0 Å². The lowest BCUT2D eigenvalue weighted by molar-refractivity contribution is 0.629. The van der Waals surface area contributed by atoms with E-state index in [0.29, 0.717) is 5.39 Å². The van der Waals surface area contributed by atoms with Crippen LogP contribution >= 0.6 is 0 Å². The quantitative estimate of drug-likeness (QED) is 0.288. The van der Waals surface area contributed by atoms with Crippen LogP contribution in [0.25, 0.3) is 44.3 Å². The van der Waals surface area contributed by atoms with Crippen molar-refractivity contribution >= 4 is 21.8 Å². The van der Waals surface area contributed by atoms with Crippen LogP contribution in [0.3, 0.4) is 0 Å². The highest BCUT2D eigenvalue weighted by atomic mass is 19.1. The van der Waals surface area contributed by atoms with Crippen molar-refractivity contribution in [3.05, 3.63) is 108 Å². The van der Waals surface area contributed by atoms with Crippen LogP contribution < -0.4 is 0 Å². The number of pyridine rings is 2. The van der Waals surface area contributed by atoms with Crippen LogP contribution in [0.2, 0.25) is 0 Å². The van der Waals surface area contributed by atoms with Crippen molar-refractivity contribution in [3.8, 4) is 22.5 Å². The minimum atomic E-state index is -0.225. The second kappa shape index (κ2) is 8.90. The first-order chi connectivity index (χ1) is 16.5. The Morgan fingerprint density at radius 2 is 1.32 bits per heavy atom. The number of hydrogen-bond donors (Lipinski definition) is 2. The van der Waals surface area contributed by atoms with Gasteiger partial charge in [0.2, 0.25) is 0 Å². The van der Waals surface area contributed by atoms with Crippen molar-refractivity contribution in [1.29, 1.82) is 0 Å². The van der Waals surface area contributed by atoms with Gasteiger partial charge in [0.05, 0.1) is 11.4 Å². The summed E-state index contributed by atoms with van der Waals surface area (Å²) in [6.07, 6.45) is 7.03. The maximum atomic E-state index is 13.7. The predicted molar refractivity (Wildman–Crippen MR) is 132 cm³/mol. The Kier molecular flexibility index (Phi) is 5.64. The molecule has 0 unspecified atom stereocenters. The zero-order valence-electron chi connectivity index (χ0n) is 18.7. The van der Waals surface area contributed by atoms with Gasteiger partial charge in [0, 0.05) is 57.7 Å². The van der Waals surface area contributed by atoms with Gasteiger partial charge >= 0.3 is 0 Å². The molecule has 0 aliphatic rings. The van der Waals surface area contributed by atoms with E-state index in [9.17, 15) is 8.78 Å². The summed E-state index contributed by atoms with van der Waals surface area (Å²) in [5.74, 6) is -0.414. The molecule has 0 radical (unpaired) electrons. The van der Waals surface area contributed by atoms with Crippen LogP contribution in [-0.2, 0) is 0 Å². The fraction of sp³-hybridized carbons (Fsp3) is 0.0714. The van der Waals surface area contributed by atoms with E-state index in [1.165, 1.54) is 18.2 Å². The number of rotatable bonds is 2. The molecule has 4 heterocycles. The van der Waals surface area contributed by atoms with E-state index < -0.39 is 0 Å². The Morgan fingerprint density at radius 1 is 0.676 bits per heavy atom. The number of nitrogens with one attached hydrogen (secondary N) is 2. The molecule has 0 bridgehead atoms. The van der Waals surface area contributed by atoms with E-state index in [1.807, 2.05) is 44.2 Å². The molecule has 168 valence electrons. The van der Waals surface area contributed by atoms with Gasteiger partial charge in [-0.3, -0.25) is 9.97 Å². The van der Waals surface area contributed by atoms with Crippen molar-refractivity contribution in [2.75, 3.05) is 0 Å². The number of benzene rings is 2. The highest BCUT2D eigenvalue weighted by Crippen LogP contribution is 2.31. The SMILES string of the molecule is Cc1c(-c2cccnc2)[nH]c2cc(F)ccc12.Cc1c(-c2cccnc2)[nH]c2cccc(F)c12.